The lowest BCUT2D eigenvalue weighted by molar-refractivity contribution is -0.140. The third-order valence-corrected chi connectivity index (χ3v) is 3.78. The number of primary sulfonamides is 1. The van der Waals surface area contributed by atoms with E-state index in [2.05, 4.69) is 5.32 Å². The molecule has 124 valence electrons. The molecule has 0 fully saturated rings. The van der Waals surface area contributed by atoms with Crippen LogP contribution in [0.2, 0.25) is 0 Å². The van der Waals surface area contributed by atoms with E-state index >= 15 is 0 Å². The third kappa shape index (κ3) is 4.60. The predicted molar refractivity (Wildman–Crippen MR) is 72.8 cm³/mol. The van der Waals surface area contributed by atoms with Gasteiger partial charge in [0.25, 0.3) is 0 Å². The molecule has 0 saturated carbocycles. The number of sulfonamides is 1. The number of benzene rings is 1. The number of alkyl halides is 3. The van der Waals surface area contributed by atoms with Crippen LogP contribution >= 0.6 is 0 Å². The molecule has 0 amide bonds. The summed E-state index contributed by atoms with van der Waals surface area (Å²) in [6.45, 7) is 1.73. The minimum absolute atomic E-state index is 0.152. The van der Waals surface area contributed by atoms with Crippen LogP contribution in [0.15, 0.2) is 23.1 Å². The van der Waals surface area contributed by atoms with Crippen LogP contribution in [-0.2, 0) is 21.0 Å². The van der Waals surface area contributed by atoms with Crippen LogP contribution in [-0.4, -0.2) is 25.5 Å². The molecule has 0 aliphatic heterocycles. The van der Waals surface area contributed by atoms with Gasteiger partial charge in [0.1, 0.15) is 6.04 Å². The molecule has 0 spiro atoms. The van der Waals surface area contributed by atoms with Crippen LogP contribution in [0, 0.1) is 0 Å². The van der Waals surface area contributed by atoms with E-state index in [1.807, 2.05) is 0 Å². The second kappa shape index (κ2) is 6.53. The van der Waals surface area contributed by atoms with Crippen LogP contribution < -0.4 is 10.5 Å². The topological polar surface area (TPSA) is 109 Å². The quantitative estimate of drug-likeness (QED) is 0.734. The summed E-state index contributed by atoms with van der Waals surface area (Å²) in [7, 11) is -4.55. The van der Waals surface area contributed by atoms with Gasteiger partial charge >= 0.3 is 12.1 Å². The van der Waals surface area contributed by atoms with Gasteiger partial charge in [-0.25, -0.2) is 18.4 Å². The van der Waals surface area contributed by atoms with Crippen molar-refractivity contribution < 1.29 is 31.5 Å². The minimum atomic E-state index is -4.94. The first kappa shape index (κ1) is 18.2. The molecule has 0 bridgehead atoms. The largest absolute Gasteiger partial charge is 0.480 e. The van der Waals surface area contributed by atoms with Crippen molar-refractivity contribution >= 4 is 21.7 Å². The van der Waals surface area contributed by atoms with Crippen molar-refractivity contribution in [3.8, 4) is 0 Å². The Hall–Kier alpha value is -1.81. The van der Waals surface area contributed by atoms with Crippen molar-refractivity contribution in [1.29, 1.82) is 0 Å². The van der Waals surface area contributed by atoms with Crippen molar-refractivity contribution in [3.05, 3.63) is 23.8 Å². The second-order valence-electron chi connectivity index (χ2n) is 4.58. The summed E-state index contributed by atoms with van der Waals surface area (Å²) >= 11 is 0. The highest BCUT2D eigenvalue weighted by molar-refractivity contribution is 7.89. The molecule has 1 atom stereocenters. The average Bonchev–Trinajstić information content (AvgIpc) is 2.35. The summed E-state index contributed by atoms with van der Waals surface area (Å²) in [6.07, 6.45) is -4.23. The number of nitrogens with one attached hydrogen (secondary N) is 1. The Labute approximate surface area is 125 Å². The molecule has 0 radical (unpaired) electrons. The maximum atomic E-state index is 12.9. The lowest BCUT2D eigenvalue weighted by atomic mass is 10.1. The highest BCUT2D eigenvalue weighted by Gasteiger charge is 2.36. The van der Waals surface area contributed by atoms with Crippen LogP contribution in [0.4, 0.5) is 18.9 Å². The Bertz CT molecular complexity index is 659. The van der Waals surface area contributed by atoms with Crippen LogP contribution in [0.1, 0.15) is 25.3 Å². The molecule has 0 aliphatic carbocycles. The lowest BCUT2D eigenvalue weighted by Gasteiger charge is -2.18. The third-order valence-electron chi connectivity index (χ3n) is 2.81. The molecule has 1 aromatic carbocycles. The van der Waals surface area contributed by atoms with Crippen LogP contribution in [0.5, 0.6) is 0 Å². The number of hydrogen-bond acceptors (Lipinski definition) is 4. The molecule has 0 heterocycles. The lowest BCUT2D eigenvalue weighted by Crippen LogP contribution is -2.29. The monoisotopic (exact) mass is 340 g/mol. The van der Waals surface area contributed by atoms with Gasteiger partial charge in [0, 0.05) is 5.69 Å². The fraction of sp³-hybridized carbons (Fsp3) is 0.417. The molecule has 1 unspecified atom stereocenters. The van der Waals surface area contributed by atoms with Gasteiger partial charge in [-0.2, -0.15) is 13.2 Å². The first-order valence-corrected chi connectivity index (χ1v) is 7.74. The Balaban J connectivity index is 3.28. The number of aliphatic carboxylic acids is 1. The molecule has 0 saturated heterocycles. The smallest absolute Gasteiger partial charge is 0.417 e. The number of carboxylic acids is 1. The number of carbonyl (C=O) groups is 1. The summed E-state index contributed by atoms with van der Waals surface area (Å²) in [5.74, 6) is -1.22. The molecule has 4 N–H and O–H groups in total. The molecule has 1 rings (SSSR count). The van der Waals surface area contributed by atoms with Gasteiger partial charge in [0.15, 0.2) is 0 Å². The number of halogens is 3. The van der Waals surface area contributed by atoms with E-state index in [4.69, 9.17) is 10.2 Å². The maximum absolute atomic E-state index is 12.9. The zero-order valence-electron chi connectivity index (χ0n) is 11.5. The van der Waals surface area contributed by atoms with E-state index in [1.54, 1.807) is 6.92 Å². The first-order chi connectivity index (χ1) is 9.96. The maximum Gasteiger partial charge on any atom is 0.417 e. The van der Waals surface area contributed by atoms with Gasteiger partial charge in [-0.05, 0) is 24.6 Å². The Morgan fingerprint density at radius 1 is 1.41 bits per heavy atom. The second-order valence-corrected chi connectivity index (χ2v) is 6.11. The van der Waals surface area contributed by atoms with Crippen molar-refractivity contribution in [1.82, 2.24) is 0 Å². The molecule has 10 heteroatoms. The van der Waals surface area contributed by atoms with Crippen LogP contribution in [0.25, 0.3) is 0 Å². The number of anilines is 1. The van der Waals surface area contributed by atoms with Gasteiger partial charge < -0.3 is 10.4 Å². The number of nitrogens with two attached hydrogens (primary N) is 1. The Morgan fingerprint density at radius 3 is 2.41 bits per heavy atom. The fourth-order valence-corrected chi connectivity index (χ4v) is 2.58. The van der Waals surface area contributed by atoms with Gasteiger partial charge in [-0.3, -0.25) is 0 Å². The summed E-state index contributed by atoms with van der Waals surface area (Å²) in [4.78, 5) is 9.94. The Morgan fingerprint density at radius 2 is 2.00 bits per heavy atom. The highest BCUT2D eigenvalue weighted by Crippen LogP contribution is 2.35. The van der Waals surface area contributed by atoms with E-state index < -0.39 is 38.7 Å². The molecule has 6 nitrogen and oxygen atoms in total. The van der Waals surface area contributed by atoms with E-state index in [0.717, 1.165) is 6.07 Å². The fourth-order valence-electron chi connectivity index (χ4n) is 1.84. The molecular weight excluding hydrogens is 325 g/mol. The normalized spacial score (nSPS) is 13.7. The zero-order valence-corrected chi connectivity index (χ0v) is 12.3. The average molecular weight is 340 g/mol. The van der Waals surface area contributed by atoms with E-state index in [-0.39, 0.29) is 12.1 Å². The molecule has 0 aliphatic rings. The molecule has 1 aromatic rings. The van der Waals surface area contributed by atoms with Crippen molar-refractivity contribution in [2.75, 3.05) is 5.32 Å². The van der Waals surface area contributed by atoms with Crippen LogP contribution in [0.3, 0.4) is 0 Å². The van der Waals surface area contributed by atoms with Gasteiger partial charge in [0.05, 0.1) is 10.5 Å². The number of carboxylic acid groups (broad SMARTS) is 1. The van der Waals surface area contributed by atoms with Crippen molar-refractivity contribution in [2.45, 2.75) is 36.9 Å². The summed E-state index contributed by atoms with van der Waals surface area (Å²) in [5.41, 5.74) is -1.60. The van der Waals surface area contributed by atoms with E-state index in [1.165, 1.54) is 0 Å². The van der Waals surface area contributed by atoms with Crippen molar-refractivity contribution in [2.24, 2.45) is 5.14 Å². The molecular formula is C12H15F3N2O4S. The predicted octanol–water partition coefficient (Wildman–Crippen LogP) is 2.02. The number of rotatable bonds is 6. The SMILES string of the molecule is CCCC(Nc1ccc(S(N)(=O)=O)c(C(F)(F)F)c1)C(=O)O. The highest BCUT2D eigenvalue weighted by atomic mass is 32.2. The summed E-state index contributed by atoms with van der Waals surface area (Å²) < 4.78 is 61.2. The zero-order chi connectivity index (χ0) is 17.1. The van der Waals surface area contributed by atoms with Gasteiger partial charge in [0.2, 0.25) is 10.0 Å². The Kier molecular flexibility index (Phi) is 5.41. The van der Waals surface area contributed by atoms with Gasteiger partial charge in [-0.15, -0.1) is 0 Å². The number of hydrogen-bond donors (Lipinski definition) is 3. The minimum Gasteiger partial charge on any atom is -0.480 e. The molecule has 22 heavy (non-hydrogen) atoms. The van der Waals surface area contributed by atoms with Crippen molar-refractivity contribution in [3.63, 3.8) is 0 Å². The standard InChI is InChI=1S/C12H15F3N2O4S/c1-2-3-9(11(18)19)17-7-4-5-10(22(16,20)21)8(6-7)12(13,14)15/h4-6,9,17H,2-3H2,1H3,(H,18,19)(H2,16,20,21). The summed E-state index contributed by atoms with van der Waals surface area (Å²) in [5, 5.41) is 16.2. The molecule has 0 aromatic heterocycles. The summed E-state index contributed by atoms with van der Waals surface area (Å²) in [6, 6.07) is 1.20. The van der Waals surface area contributed by atoms with E-state index in [0.29, 0.717) is 18.6 Å². The van der Waals surface area contributed by atoms with Gasteiger partial charge in [-0.1, -0.05) is 13.3 Å². The van der Waals surface area contributed by atoms with E-state index in [9.17, 15) is 26.4 Å². The first-order valence-electron chi connectivity index (χ1n) is 6.20.